The molecule has 0 aliphatic carbocycles. The summed E-state index contributed by atoms with van der Waals surface area (Å²) in [5, 5.41) is 9.89. The lowest BCUT2D eigenvalue weighted by molar-refractivity contribution is 0.434. The van der Waals surface area contributed by atoms with Crippen molar-refractivity contribution >= 4 is 125 Å². The van der Waals surface area contributed by atoms with Crippen LogP contribution in [-0.4, -0.2) is 37.8 Å². The number of halogens is 1. The molecule has 0 radical (unpaired) electrons. The Bertz CT molecular complexity index is 8540. The van der Waals surface area contributed by atoms with E-state index in [4.69, 9.17) is 19.4 Å². The van der Waals surface area contributed by atoms with Crippen LogP contribution in [0.1, 0.15) is 44.5 Å². The Kier molecular flexibility index (Phi) is 15.0. The molecule has 28 rings (SSSR count). The van der Waals surface area contributed by atoms with Gasteiger partial charge in [-0.15, -0.1) is 0 Å². The summed E-state index contributed by atoms with van der Waals surface area (Å²) in [7, 11) is 0. The predicted octanol–water partition coefficient (Wildman–Crippen LogP) is 28.4. The molecule has 4 aliphatic rings. The van der Waals surface area contributed by atoms with Crippen LogP contribution in [0.15, 0.2) is 417 Å². The molecule has 6 aromatic heterocycles. The zero-order valence-electron chi connectivity index (χ0n) is 66.1. The zero-order valence-corrected chi connectivity index (χ0v) is 67.7. The van der Waals surface area contributed by atoms with Crippen molar-refractivity contribution in [2.45, 2.75) is 10.8 Å². The highest BCUT2D eigenvalue weighted by atomic mass is 79.9. The Morgan fingerprint density at radius 3 is 1.15 bits per heavy atom. The third-order valence-corrected chi connectivity index (χ3v) is 26.7. The maximum atomic E-state index is 7.09. The zero-order chi connectivity index (χ0) is 80.8. The van der Waals surface area contributed by atoms with E-state index in [-0.39, 0.29) is 0 Å². The van der Waals surface area contributed by atoms with Gasteiger partial charge >= 0.3 is 0 Å². The molecule has 0 amide bonds. The number of hydrogen-bond donors (Lipinski definition) is 1. The summed E-state index contributed by atoms with van der Waals surface area (Å²) in [5.74, 6) is 5.41. The molecule has 0 bridgehead atoms. The van der Waals surface area contributed by atoms with Gasteiger partial charge in [0, 0.05) is 116 Å². The smallest absolute Gasteiger partial charge is 0.145 e. The lowest BCUT2D eigenvalue weighted by atomic mass is 9.61. The summed E-state index contributed by atoms with van der Waals surface area (Å²) in [6, 6.07) is 148. The molecule has 0 fully saturated rings. The van der Waals surface area contributed by atoms with Crippen molar-refractivity contribution in [3.8, 4) is 74.2 Å². The van der Waals surface area contributed by atoms with Crippen molar-refractivity contribution in [2.24, 2.45) is 0 Å². The number of H-pyrrole nitrogens is 1. The van der Waals surface area contributed by atoms with Crippen LogP contribution in [0, 0.1) is 0 Å². The number of nitrogens with zero attached hydrogens (tertiary/aromatic N) is 7. The van der Waals surface area contributed by atoms with Gasteiger partial charge in [0.15, 0.2) is 0 Å². The number of aromatic nitrogens is 8. The van der Waals surface area contributed by atoms with Crippen LogP contribution in [-0.2, 0) is 10.8 Å². The summed E-state index contributed by atoms with van der Waals surface area (Å²) < 4.78 is 26.7. The van der Waals surface area contributed by atoms with Crippen molar-refractivity contribution in [2.75, 3.05) is 0 Å². The molecule has 2 atom stereocenters. The fourth-order valence-electron chi connectivity index (χ4n) is 21.2. The molecule has 2 spiro atoms. The second-order valence-corrected chi connectivity index (χ2v) is 33.3. The second-order valence-electron chi connectivity index (χ2n) is 32.4. The van der Waals surface area contributed by atoms with Crippen LogP contribution in [0.2, 0.25) is 0 Å². The van der Waals surface area contributed by atoms with Gasteiger partial charge in [0.2, 0.25) is 0 Å². The molecule has 18 aromatic carbocycles. The van der Waals surface area contributed by atoms with Crippen molar-refractivity contribution in [3.05, 3.63) is 461 Å². The standard InChI is InChI=1S/C56H34N4O.C37H22N2O.C19H13BrN2/c1-2-15-36(16-3-1)59-50-27-12-8-23-46(50)57-55(59)35-29-31-37(32-30-35)58-47-24-9-5-18-39(47)41-33-45-53(34-51(41)58)61-52-28-13-7-21-43(52)56(45)42-20-6-11-26-49(42)60-48-25-10-4-17-38(48)40-19-14-22-44(56)54(40)60;1-5-16-30-22(10-1)25-20-29-35(21-31(25)38-30)40-34-19-8-4-14-27(34)37(29)26-13-3-7-18-33(26)39-32-17-6-2-11-23(32)24-12-9-15-28(37)36(24)39;20-15-12-10-14(11-13-15)19-21-17-8-4-5-9-18(17)22(19)16-6-2-1-3-7-16/h1-34H;1-21,38H;1-13H. The number of fused-ring (bicyclic) bond motifs is 30. The Morgan fingerprint density at radius 1 is 0.236 bits per heavy atom. The van der Waals surface area contributed by atoms with E-state index in [9.17, 15) is 0 Å². The van der Waals surface area contributed by atoms with Crippen LogP contribution in [0.5, 0.6) is 23.0 Å². The molecular formula is C112H69BrN8O2. The topological polar surface area (TPSA) is 84.7 Å². The van der Waals surface area contributed by atoms with E-state index >= 15 is 0 Å². The summed E-state index contributed by atoms with van der Waals surface area (Å²) in [4.78, 5) is 13.6. The van der Waals surface area contributed by atoms with Crippen LogP contribution >= 0.6 is 15.9 Å². The first kappa shape index (κ1) is 69.2. The number of imidazole rings is 2. The van der Waals surface area contributed by atoms with E-state index in [2.05, 4.69) is 432 Å². The van der Waals surface area contributed by atoms with E-state index in [0.29, 0.717) is 0 Å². The largest absolute Gasteiger partial charge is 0.457 e. The average Bonchev–Trinajstić information content (AvgIpc) is 1.62. The first-order valence-corrected chi connectivity index (χ1v) is 42.6. The number of nitrogens with one attached hydrogen (secondary N) is 1. The summed E-state index contributed by atoms with van der Waals surface area (Å²) in [5.41, 5.74) is 30.0. The Morgan fingerprint density at radius 2 is 0.618 bits per heavy atom. The van der Waals surface area contributed by atoms with Crippen LogP contribution in [0.4, 0.5) is 0 Å². The minimum atomic E-state index is -0.645. The number of aromatic amines is 1. The first-order valence-electron chi connectivity index (χ1n) is 41.8. The van der Waals surface area contributed by atoms with Crippen LogP contribution < -0.4 is 9.47 Å². The molecule has 123 heavy (non-hydrogen) atoms. The summed E-state index contributed by atoms with van der Waals surface area (Å²) in [6.07, 6.45) is 0. The Labute approximate surface area is 714 Å². The van der Waals surface area contributed by atoms with Gasteiger partial charge in [0.1, 0.15) is 34.6 Å². The molecule has 0 saturated heterocycles. The number of benzene rings is 18. The maximum Gasteiger partial charge on any atom is 0.145 e. The Hall–Kier alpha value is -15.8. The van der Waals surface area contributed by atoms with Crippen molar-refractivity contribution in [1.29, 1.82) is 0 Å². The number of ether oxygens (including phenoxy) is 2. The fourth-order valence-corrected chi connectivity index (χ4v) is 21.5. The lowest BCUT2D eigenvalue weighted by Crippen LogP contribution is -2.37. The molecule has 0 saturated carbocycles. The second kappa shape index (κ2) is 26.6. The first-order chi connectivity index (χ1) is 60.9. The van der Waals surface area contributed by atoms with Gasteiger partial charge in [0.25, 0.3) is 0 Å². The third-order valence-electron chi connectivity index (χ3n) is 26.1. The molecule has 10 nitrogen and oxygen atoms in total. The Balaban J connectivity index is 0.000000111. The van der Waals surface area contributed by atoms with Crippen molar-refractivity contribution < 1.29 is 9.47 Å². The highest BCUT2D eigenvalue weighted by molar-refractivity contribution is 9.10. The quantitative estimate of drug-likeness (QED) is 0.186. The molecule has 4 aliphatic heterocycles. The molecule has 1 N–H and O–H groups in total. The van der Waals surface area contributed by atoms with Gasteiger partial charge < -0.3 is 28.2 Å². The highest BCUT2D eigenvalue weighted by Crippen LogP contribution is 2.64. The van der Waals surface area contributed by atoms with Gasteiger partial charge in [-0.05, 0) is 168 Å². The minimum absolute atomic E-state index is 0.544. The van der Waals surface area contributed by atoms with Gasteiger partial charge in [-0.3, -0.25) is 9.13 Å². The van der Waals surface area contributed by atoms with E-state index in [1.54, 1.807) is 0 Å². The molecule has 11 heteroatoms. The van der Waals surface area contributed by atoms with Crippen molar-refractivity contribution in [1.82, 2.24) is 37.8 Å². The average molecular weight is 1640 g/mol. The molecule has 2 unspecified atom stereocenters. The highest BCUT2D eigenvalue weighted by Gasteiger charge is 2.53. The molecule has 24 aromatic rings. The van der Waals surface area contributed by atoms with Crippen molar-refractivity contribution in [3.63, 3.8) is 0 Å². The lowest BCUT2D eigenvalue weighted by Gasteiger charge is -2.45. The minimum Gasteiger partial charge on any atom is -0.457 e. The van der Waals surface area contributed by atoms with Gasteiger partial charge in [-0.1, -0.05) is 271 Å². The van der Waals surface area contributed by atoms with Crippen LogP contribution in [0.25, 0.3) is 161 Å². The number of hydrogen-bond acceptors (Lipinski definition) is 4. The van der Waals surface area contributed by atoms with E-state index in [1.807, 2.05) is 24.3 Å². The van der Waals surface area contributed by atoms with Gasteiger partial charge in [0.05, 0.1) is 82.9 Å². The number of para-hydroxylation sites is 16. The monoisotopic (exact) mass is 1640 g/mol. The SMILES string of the molecule is Brc1ccc(-c2nc3ccccc3n2-c2ccccc2)cc1.c1ccc(-n2c(-c3ccc(-n4c5ccccc5c5cc6c(cc54)Oc4ccccc4C64c5ccccc5-n5c6ccccc6c6cccc4c65)cc3)nc3ccccc32)cc1.c1ccc2c(c1)Oc1cc3[nH]c4ccccc4c3cc1C21c2ccccc2-n2c3ccccc3c3cccc1c32. The van der Waals surface area contributed by atoms with E-state index < -0.39 is 10.8 Å². The normalized spacial score (nSPS) is 14.9. The molecule has 10 heterocycles. The summed E-state index contributed by atoms with van der Waals surface area (Å²) >= 11 is 3.49. The van der Waals surface area contributed by atoms with E-state index in [0.717, 1.165) is 123 Å². The van der Waals surface area contributed by atoms with Gasteiger partial charge in [-0.2, -0.15) is 0 Å². The number of rotatable bonds is 5. The van der Waals surface area contributed by atoms with Gasteiger partial charge in [-0.25, -0.2) is 9.97 Å². The molecule has 576 valence electrons. The van der Waals surface area contributed by atoms with E-state index in [1.165, 1.54) is 110 Å². The third kappa shape index (κ3) is 9.84. The molecular weight excluding hydrogens is 1570 g/mol. The maximum absolute atomic E-state index is 7.09. The van der Waals surface area contributed by atoms with Crippen LogP contribution in [0.3, 0.4) is 0 Å². The fraction of sp³-hybridized carbons (Fsp3) is 0.0179. The summed E-state index contributed by atoms with van der Waals surface area (Å²) in [6.45, 7) is 0. The predicted molar refractivity (Wildman–Crippen MR) is 503 cm³/mol.